The van der Waals surface area contributed by atoms with Gasteiger partial charge in [0.25, 0.3) is 0 Å². The van der Waals surface area contributed by atoms with Crippen LogP contribution < -0.4 is 5.32 Å². The Kier molecular flexibility index (Phi) is 3.64. The first-order valence-corrected chi connectivity index (χ1v) is 7.31. The minimum Gasteiger partial charge on any atom is -0.356 e. The van der Waals surface area contributed by atoms with Crippen LogP contribution in [0.2, 0.25) is 0 Å². The SMILES string of the molecule is Cc1cc(C)n(CCCNc2nc3ccccc3n2C)n1. The van der Waals surface area contributed by atoms with Gasteiger partial charge in [-0.15, -0.1) is 0 Å². The van der Waals surface area contributed by atoms with Crippen molar-refractivity contribution in [1.29, 1.82) is 0 Å². The fourth-order valence-electron chi connectivity index (χ4n) is 2.63. The zero-order valence-electron chi connectivity index (χ0n) is 12.8. The van der Waals surface area contributed by atoms with Gasteiger partial charge in [-0.05, 0) is 38.5 Å². The fourth-order valence-corrected chi connectivity index (χ4v) is 2.63. The lowest BCUT2D eigenvalue weighted by atomic mass is 10.3. The first-order chi connectivity index (χ1) is 10.1. The molecule has 5 heteroatoms. The molecular weight excluding hydrogens is 262 g/mol. The van der Waals surface area contributed by atoms with Gasteiger partial charge in [0.1, 0.15) is 0 Å². The van der Waals surface area contributed by atoms with E-state index in [-0.39, 0.29) is 0 Å². The molecule has 0 aliphatic heterocycles. The van der Waals surface area contributed by atoms with Crippen LogP contribution in [0.1, 0.15) is 17.8 Å². The van der Waals surface area contributed by atoms with Crippen molar-refractivity contribution < 1.29 is 0 Å². The molecule has 0 bridgehead atoms. The molecule has 0 aliphatic rings. The summed E-state index contributed by atoms with van der Waals surface area (Å²) < 4.78 is 4.16. The average molecular weight is 283 g/mol. The molecule has 5 nitrogen and oxygen atoms in total. The van der Waals surface area contributed by atoms with Gasteiger partial charge in [-0.1, -0.05) is 12.1 Å². The maximum absolute atomic E-state index is 4.61. The zero-order chi connectivity index (χ0) is 14.8. The van der Waals surface area contributed by atoms with E-state index in [9.17, 15) is 0 Å². The van der Waals surface area contributed by atoms with Crippen LogP contribution in [-0.2, 0) is 13.6 Å². The molecule has 0 unspecified atom stereocenters. The van der Waals surface area contributed by atoms with E-state index in [1.165, 1.54) is 5.69 Å². The molecule has 0 atom stereocenters. The number of aromatic nitrogens is 4. The number of rotatable bonds is 5. The highest BCUT2D eigenvalue weighted by molar-refractivity contribution is 5.78. The smallest absolute Gasteiger partial charge is 0.203 e. The molecule has 3 aromatic rings. The van der Waals surface area contributed by atoms with Crippen molar-refractivity contribution in [3.8, 4) is 0 Å². The minimum absolute atomic E-state index is 0.884. The Labute approximate surface area is 124 Å². The monoisotopic (exact) mass is 283 g/mol. The van der Waals surface area contributed by atoms with Gasteiger partial charge in [0.15, 0.2) is 0 Å². The summed E-state index contributed by atoms with van der Waals surface area (Å²) in [6.07, 6.45) is 1.02. The molecule has 3 rings (SSSR count). The van der Waals surface area contributed by atoms with Crippen LogP contribution in [0.4, 0.5) is 5.95 Å². The van der Waals surface area contributed by atoms with Crippen molar-refractivity contribution in [2.75, 3.05) is 11.9 Å². The lowest BCUT2D eigenvalue weighted by Gasteiger charge is -2.07. The lowest BCUT2D eigenvalue weighted by molar-refractivity contribution is 0.572. The first-order valence-electron chi connectivity index (χ1n) is 7.31. The number of imidazole rings is 1. The molecule has 0 saturated heterocycles. The second-order valence-electron chi connectivity index (χ2n) is 5.41. The summed E-state index contributed by atoms with van der Waals surface area (Å²) >= 11 is 0. The van der Waals surface area contributed by atoms with Crippen molar-refractivity contribution in [2.45, 2.75) is 26.8 Å². The van der Waals surface area contributed by atoms with Crippen molar-refractivity contribution in [3.63, 3.8) is 0 Å². The van der Waals surface area contributed by atoms with Crippen molar-refractivity contribution in [1.82, 2.24) is 19.3 Å². The highest BCUT2D eigenvalue weighted by Gasteiger charge is 2.06. The van der Waals surface area contributed by atoms with E-state index in [1.54, 1.807) is 0 Å². The van der Waals surface area contributed by atoms with Gasteiger partial charge in [0.2, 0.25) is 5.95 Å². The van der Waals surface area contributed by atoms with E-state index in [0.717, 1.165) is 42.2 Å². The van der Waals surface area contributed by atoms with Crippen LogP contribution in [0.25, 0.3) is 11.0 Å². The maximum Gasteiger partial charge on any atom is 0.203 e. The Bertz CT molecular complexity index is 753. The van der Waals surface area contributed by atoms with Crippen LogP contribution in [-0.4, -0.2) is 25.9 Å². The summed E-state index contributed by atoms with van der Waals surface area (Å²) in [6, 6.07) is 10.3. The molecule has 0 spiro atoms. The summed E-state index contributed by atoms with van der Waals surface area (Å²) in [7, 11) is 2.04. The van der Waals surface area contributed by atoms with Crippen LogP contribution >= 0.6 is 0 Å². The van der Waals surface area contributed by atoms with E-state index < -0.39 is 0 Å². The maximum atomic E-state index is 4.61. The fraction of sp³-hybridized carbons (Fsp3) is 0.375. The van der Waals surface area contributed by atoms with Crippen LogP contribution in [0.15, 0.2) is 30.3 Å². The normalized spacial score (nSPS) is 11.2. The highest BCUT2D eigenvalue weighted by Crippen LogP contribution is 2.17. The third-order valence-corrected chi connectivity index (χ3v) is 3.72. The average Bonchev–Trinajstić information content (AvgIpc) is 2.96. The minimum atomic E-state index is 0.884. The van der Waals surface area contributed by atoms with Gasteiger partial charge in [-0.3, -0.25) is 4.68 Å². The standard InChI is InChI=1S/C16H21N5/c1-12-11-13(2)21(19-12)10-6-9-17-16-18-14-7-4-5-8-15(14)20(16)3/h4-5,7-8,11H,6,9-10H2,1-3H3,(H,17,18). The molecule has 2 heterocycles. The summed E-state index contributed by atoms with van der Waals surface area (Å²) in [6.45, 7) is 5.94. The molecule has 21 heavy (non-hydrogen) atoms. The van der Waals surface area contributed by atoms with Crippen LogP contribution in [0.3, 0.4) is 0 Å². The van der Waals surface area contributed by atoms with Crippen molar-refractivity contribution in [2.24, 2.45) is 7.05 Å². The summed E-state index contributed by atoms with van der Waals surface area (Å²) in [5.74, 6) is 0.921. The van der Waals surface area contributed by atoms with Crippen LogP contribution in [0, 0.1) is 13.8 Å². The van der Waals surface area contributed by atoms with E-state index in [4.69, 9.17) is 0 Å². The van der Waals surface area contributed by atoms with Crippen molar-refractivity contribution in [3.05, 3.63) is 41.7 Å². The van der Waals surface area contributed by atoms with E-state index >= 15 is 0 Å². The quantitative estimate of drug-likeness (QED) is 0.732. The molecule has 0 radical (unpaired) electrons. The van der Waals surface area contributed by atoms with Gasteiger partial charge in [0.05, 0.1) is 16.7 Å². The topological polar surface area (TPSA) is 47.7 Å². The predicted molar refractivity (Wildman–Crippen MR) is 85.5 cm³/mol. The largest absolute Gasteiger partial charge is 0.356 e. The Hall–Kier alpha value is -2.30. The van der Waals surface area contributed by atoms with Gasteiger partial charge in [-0.2, -0.15) is 5.10 Å². The molecule has 1 N–H and O–H groups in total. The molecular formula is C16H21N5. The van der Waals surface area contributed by atoms with Gasteiger partial charge >= 0.3 is 0 Å². The van der Waals surface area contributed by atoms with Gasteiger partial charge in [0, 0.05) is 25.8 Å². The number of nitrogens with zero attached hydrogens (tertiary/aromatic N) is 4. The number of para-hydroxylation sites is 2. The number of fused-ring (bicyclic) bond motifs is 1. The second-order valence-corrected chi connectivity index (χ2v) is 5.41. The second kappa shape index (κ2) is 5.60. The lowest BCUT2D eigenvalue weighted by Crippen LogP contribution is -2.11. The highest BCUT2D eigenvalue weighted by atomic mass is 15.3. The molecule has 2 aromatic heterocycles. The number of benzene rings is 1. The Balaban J connectivity index is 1.59. The molecule has 1 aromatic carbocycles. The van der Waals surface area contributed by atoms with E-state index in [0.29, 0.717) is 0 Å². The third kappa shape index (κ3) is 2.77. The molecule has 0 amide bonds. The number of anilines is 1. The van der Waals surface area contributed by atoms with Gasteiger partial charge in [-0.25, -0.2) is 4.98 Å². The molecule has 0 aliphatic carbocycles. The number of hydrogen-bond donors (Lipinski definition) is 1. The Morgan fingerprint density at radius 3 is 2.71 bits per heavy atom. The Morgan fingerprint density at radius 1 is 1.19 bits per heavy atom. The van der Waals surface area contributed by atoms with E-state index in [1.807, 2.05) is 32.2 Å². The zero-order valence-corrected chi connectivity index (χ0v) is 12.8. The number of aryl methyl sites for hydroxylation is 4. The summed E-state index contributed by atoms with van der Waals surface area (Å²) in [4.78, 5) is 4.61. The first kappa shape index (κ1) is 13.7. The van der Waals surface area contributed by atoms with Gasteiger partial charge < -0.3 is 9.88 Å². The molecule has 0 fully saturated rings. The Morgan fingerprint density at radius 2 is 2.00 bits per heavy atom. The predicted octanol–water partition coefficient (Wildman–Crippen LogP) is 2.89. The molecule has 110 valence electrons. The summed E-state index contributed by atoms with van der Waals surface area (Å²) in [5, 5.41) is 7.88. The summed E-state index contributed by atoms with van der Waals surface area (Å²) in [5.41, 5.74) is 4.48. The third-order valence-electron chi connectivity index (χ3n) is 3.72. The number of nitrogens with one attached hydrogen (secondary N) is 1. The van der Waals surface area contributed by atoms with E-state index in [2.05, 4.69) is 43.7 Å². The van der Waals surface area contributed by atoms with Crippen LogP contribution in [0.5, 0.6) is 0 Å². The number of hydrogen-bond acceptors (Lipinski definition) is 3. The molecule has 0 saturated carbocycles. The van der Waals surface area contributed by atoms with Crippen molar-refractivity contribution >= 4 is 17.0 Å².